The van der Waals surface area contributed by atoms with E-state index in [0.29, 0.717) is 18.0 Å². The van der Waals surface area contributed by atoms with Crippen molar-refractivity contribution in [2.45, 2.75) is 31.3 Å². The molecule has 3 rings (SSSR count). The Morgan fingerprint density at radius 3 is 2.80 bits per heavy atom. The van der Waals surface area contributed by atoms with Gasteiger partial charge in [0.05, 0.1) is 17.4 Å². The molecule has 1 unspecified atom stereocenters. The highest BCUT2D eigenvalue weighted by atomic mass is 32.2. The van der Waals surface area contributed by atoms with Crippen molar-refractivity contribution >= 4 is 35.0 Å². The molecule has 8 nitrogen and oxygen atoms in total. The second kappa shape index (κ2) is 7.30. The summed E-state index contributed by atoms with van der Waals surface area (Å²) < 4.78 is 0. The van der Waals surface area contributed by atoms with Crippen molar-refractivity contribution in [2.75, 3.05) is 23.4 Å². The van der Waals surface area contributed by atoms with Crippen molar-refractivity contribution in [1.82, 2.24) is 4.90 Å². The molecule has 1 saturated carbocycles. The average molecular weight is 365 g/mol. The van der Waals surface area contributed by atoms with Gasteiger partial charge < -0.3 is 15.3 Å². The Kier molecular flexibility index (Phi) is 5.12. The number of nitrogens with one attached hydrogen (secondary N) is 1. The van der Waals surface area contributed by atoms with Crippen LogP contribution in [-0.2, 0) is 4.79 Å². The third kappa shape index (κ3) is 4.22. The van der Waals surface area contributed by atoms with Crippen LogP contribution in [0.2, 0.25) is 0 Å². The lowest BCUT2D eigenvalue weighted by Crippen LogP contribution is -2.47. The zero-order chi connectivity index (χ0) is 18.0. The van der Waals surface area contributed by atoms with E-state index in [4.69, 9.17) is 5.11 Å². The third-order valence-corrected chi connectivity index (χ3v) is 5.37. The first-order chi connectivity index (χ1) is 12.0. The molecule has 1 amide bonds. The summed E-state index contributed by atoms with van der Waals surface area (Å²) in [6.45, 7) is 0.442. The molecule has 1 heterocycles. The van der Waals surface area contributed by atoms with Crippen molar-refractivity contribution in [1.29, 1.82) is 0 Å². The fraction of sp³-hybridized carbons (Fsp3) is 0.500. The Morgan fingerprint density at radius 1 is 1.40 bits per heavy atom. The highest BCUT2D eigenvalue weighted by Gasteiger charge is 2.31. The van der Waals surface area contributed by atoms with Gasteiger partial charge in [-0.15, -0.1) is 0 Å². The summed E-state index contributed by atoms with van der Waals surface area (Å²) in [5.74, 6) is -0.0277. The molecule has 25 heavy (non-hydrogen) atoms. The van der Waals surface area contributed by atoms with Crippen LogP contribution in [0.3, 0.4) is 0 Å². The summed E-state index contributed by atoms with van der Waals surface area (Å²) in [5, 5.41) is 23.5. The summed E-state index contributed by atoms with van der Waals surface area (Å²) in [5.41, 5.74) is 0.509. The number of nitrogens with zero attached hydrogens (tertiary/aromatic N) is 2. The van der Waals surface area contributed by atoms with Crippen molar-refractivity contribution in [2.24, 2.45) is 0 Å². The van der Waals surface area contributed by atoms with Crippen molar-refractivity contribution in [3.63, 3.8) is 0 Å². The van der Waals surface area contributed by atoms with E-state index < -0.39 is 16.9 Å². The summed E-state index contributed by atoms with van der Waals surface area (Å²) >= 11 is 1.61. The zero-order valence-corrected chi connectivity index (χ0v) is 14.3. The van der Waals surface area contributed by atoms with Crippen LogP contribution in [0.25, 0.3) is 0 Å². The Balaban J connectivity index is 1.83. The Morgan fingerprint density at radius 2 is 2.16 bits per heavy atom. The molecule has 2 aliphatic rings. The van der Waals surface area contributed by atoms with Gasteiger partial charge in [0.15, 0.2) is 0 Å². The monoisotopic (exact) mass is 365 g/mol. The van der Waals surface area contributed by atoms with Gasteiger partial charge >= 0.3 is 5.97 Å². The van der Waals surface area contributed by atoms with Gasteiger partial charge in [-0.25, -0.2) is 0 Å². The van der Waals surface area contributed by atoms with E-state index in [0.717, 1.165) is 18.6 Å². The number of carbonyl (C=O) groups excluding carboxylic acids is 1. The molecular formula is C16H19N3O5S. The molecule has 1 saturated heterocycles. The number of hydrogen-bond acceptors (Lipinski definition) is 6. The van der Waals surface area contributed by atoms with Gasteiger partial charge in [-0.05, 0) is 25.0 Å². The molecule has 0 bridgehead atoms. The maximum atomic E-state index is 12.8. The first-order valence-corrected chi connectivity index (χ1v) is 9.26. The molecule has 134 valence electrons. The topological polar surface area (TPSA) is 113 Å². The van der Waals surface area contributed by atoms with Crippen molar-refractivity contribution < 1.29 is 19.6 Å². The molecule has 0 spiro atoms. The number of carboxylic acids is 1. The molecule has 0 radical (unpaired) electrons. The number of thioether (sulfide) groups is 1. The van der Waals surface area contributed by atoms with Gasteiger partial charge in [0.25, 0.3) is 11.6 Å². The standard InChI is InChI=1S/C16H19N3O5S/c20-15(21)8-12-9-25-6-5-18(12)16(22)10-1-4-13(17-11-2-3-11)14(7-10)19(23)24/h1,4,7,11-12,17H,2-3,5-6,8-9H2,(H,20,21). The number of hydrogen-bond donors (Lipinski definition) is 2. The van der Waals surface area contributed by atoms with E-state index in [2.05, 4.69) is 5.32 Å². The van der Waals surface area contributed by atoms with Gasteiger partial charge in [0.2, 0.25) is 0 Å². The average Bonchev–Trinajstić information content (AvgIpc) is 3.38. The highest BCUT2D eigenvalue weighted by Crippen LogP contribution is 2.32. The number of nitro groups is 1. The first kappa shape index (κ1) is 17.5. The normalized spacial score (nSPS) is 20.2. The molecule has 1 aliphatic carbocycles. The van der Waals surface area contributed by atoms with E-state index in [1.54, 1.807) is 23.9 Å². The van der Waals surface area contributed by atoms with Crippen LogP contribution in [0, 0.1) is 10.1 Å². The van der Waals surface area contributed by atoms with Gasteiger partial charge in [0, 0.05) is 35.7 Å². The van der Waals surface area contributed by atoms with E-state index in [1.807, 2.05) is 0 Å². The van der Waals surface area contributed by atoms with Gasteiger partial charge in [0.1, 0.15) is 5.69 Å². The molecule has 2 fully saturated rings. The maximum Gasteiger partial charge on any atom is 0.305 e. The molecule has 9 heteroatoms. The Hall–Kier alpha value is -2.29. The second-order valence-electron chi connectivity index (χ2n) is 6.23. The molecule has 2 N–H and O–H groups in total. The quantitative estimate of drug-likeness (QED) is 0.587. The molecule has 0 aromatic heterocycles. The number of aliphatic carboxylic acids is 1. The van der Waals surface area contributed by atoms with Crippen LogP contribution in [0.15, 0.2) is 18.2 Å². The van der Waals surface area contributed by atoms with Crippen LogP contribution in [0.1, 0.15) is 29.6 Å². The second-order valence-corrected chi connectivity index (χ2v) is 7.38. The minimum atomic E-state index is -0.958. The molecule has 1 aromatic carbocycles. The van der Waals surface area contributed by atoms with E-state index >= 15 is 0 Å². The molecule has 1 aromatic rings. The van der Waals surface area contributed by atoms with Gasteiger partial charge in [-0.1, -0.05) is 0 Å². The first-order valence-electron chi connectivity index (χ1n) is 8.11. The minimum absolute atomic E-state index is 0.123. The van der Waals surface area contributed by atoms with E-state index in [1.165, 1.54) is 11.0 Å². The predicted octanol–water partition coefficient (Wildman–Crippen LogP) is 2.20. The van der Waals surface area contributed by atoms with Crippen LogP contribution in [0.5, 0.6) is 0 Å². The molecule has 1 aliphatic heterocycles. The third-order valence-electron chi connectivity index (χ3n) is 4.28. The maximum absolute atomic E-state index is 12.8. The SMILES string of the molecule is O=C(O)CC1CSCCN1C(=O)c1ccc(NC2CC2)c([N+](=O)[O-])c1. The lowest BCUT2D eigenvalue weighted by Gasteiger charge is -2.34. The Labute approximate surface area is 148 Å². The van der Waals surface area contributed by atoms with E-state index in [-0.39, 0.29) is 29.6 Å². The van der Waals surface area contributed by atoms with Gasteiger partial charge in [-0.3, -0.25) is 19.7 Å². The fourth-order valence-electron chi connectivity index (χ4n) is 2.84. The summed E-state index contributed by atoms with van der Waals surface area (Å²) in [4.78, 5) is 36.2. The number of rotatable bonds is 6. The van der Waals surface area contributed by atoms with Crippen LogP contribution < -0.4 is 5.32 Å². The number of carboxylic acid groups (broad SMARTS) is 1. The van der Waals surface area contributed by atoms with Crippen LogP contribution >= 0.6 is 11.8 Å². The Bertz CT molecular complexity index is 707. The van der Waals surface area contributed by atoms with Crippen molar-refractivity contribution in [3.05, 3.63) is 33.9 Å². The van der Waals surface area contributed by atoms with E-state index in [9.17, 15) is 19.7 Å². The number of carbonyl (C=O) groups is 2. The number of benzene rings is 1. The number of amides is 1. The summed E-state index contributed by atoms with van der Waals surface area (Å²) in [6, 6.07) is 4.28. The lowest BCUT2D eigenvalue weighted by molar-refractivity contribution is -0.384. The fourth-order valence-corrected chi connectivity index (χ4v) is 3.91. The predicted molar refractivity (Wildman–Crippen MR) is 94.1 cm³/mol. The minimum Gasteiger partial charge on any atom is -0.481 e. The van der Waals surface area contributed by atoms with Crippen molar-refractivity contribution in [3.8, 4) is 0 Å². The largest absolute Gasteiger partial charge is 0.481 e. The van der Waals surface area contributed by atoms with Crippen LogP contribution in [-0.4, -0.2) is 56.9 Å². The van der Waals surface area contributed by atoms with Crippen LogP contribution in [0.4, 0.5) is 11.4 Å². The molecule has 1 atom stereocenters. The highest BCUT2D eigenvalue weighted by molar-refractivity contribution is 7.99. The number of anilines is 1. The smallest absolute Gasteiger partial charge is 0.305 e. The summed E-state index contributed by atoms with van der Waals surface area (Å²) in [6.07, 6.45) is 1.85. The summed E-state index contributed by atoms with van der Waals surface area (Å²) in [7, 11) is 0. The number of nitro benzene ring substituents is 1. The molecular weight excluding hydrogens is 346 g/mol. The lowest BCUT2D eigenvalue weighted by atomic mass is 10.1. The zero-order valence-electron chi connectivity index (χ0n) is 13.5. The van der Waals surface area contributed by atoms with Gasteiger partial charge in [-0.2, -0.15) is 11.8 Å².